The highest BCUT2D eigenvalue weighted by Gasteiger charge is 2.29. The largest absolute Gasteiger partial charge is 0.349 e. The molecule has 1 amide bonds. The molecule has 1 aliphatic rings. The standard InChI is InChI=1S/C21H24F2N2O3S/c1-14(15-2-6-17(22)7-3-15)24-21(26)16-4-10-19(11-5-16)25-29(27,28)20-12-8-18(23)9-13-20/h2-3,6-9,12-14,16,19,25H,4-5,10-11H2,1H3,(H,24,26)/t14-,16?,19?/m1/s1. The zero-order chi connectivity index (χ0) is 21.0. The van der Waals surface area contributed by atoms with Crippen LogP contribution in [-0.4, -0.2) is 20.4 Å². The Morgan fingerprint density at radius 2 is 1.45 bits per heavy atom. The Labute approximate surface area is 169 Å². The zero-order valence-electron chi connectivity index (χ0n) is 16.1. The van der Waals surface area contributed by atoms with Gasteiger partial charge in [-0.25, -0.2) is 21.9 Å². The summed E-state index contributed by atoms with van der Waals surface area (Å²) in [4.78, 5) is 12.6. The van der Waals surface area contributed by atoms with Crippen LogP contribution in [0.3, 0.4) is 0 Å². The quantitative estimate of drug-likeness (QED) is 0.746. The molecule has 1 atom stereocenters. The molecule has 2 aromatic rings. The van der Waals surface area contributed by atoms with Crippen LogP contribution in [0.15, 0.2) is 53.4 Å². The van der Waals surface area contributed by atoms with Crippen molar-refractivity contribution < 1.29 is 22.0 Å². The lowest BCUT2D eigenvalue weighted by Gasteiger charge is -2.29. The molecular weight excluding hydrogens is 398 g/mol. The van der Waals surface area contributed by atoms with Crippen molar-refractivity contribution in [3.05, 3.63) is 65.7 Å². The van der Waals surface area contributed by atoms with Gasteiger partial charge in [0.15, 0.2) is 0 Å². The first-order valence-electron chi connectivity index (χ1n) is 9.58. The molecule has 3 rings (SSSR count). The van der Waals surface area contributed by atoms with Crippen molar-refractivity contribution in [2.24, 2.45) is 5.92 Å². The molecule has 1 saturated carbocycles. The van der Waals surface area contributed by atoms with Gasteiger partial charge in [0.1, 0.15) is 11.6 Å². The maximum atomic E-state index is 13.0. The smallest absolute Gasteiger partial charge is 0.240 e. The number of hydrogen-bond donors (Lipinski definition) is 2. The van der Waals surface area contributed by atoms with Gasteiger partial charge in [0.25, 0.3) is 0 Å². The first-order chi connectivity index (χ1) is 13.7. The van der Waals surface area contributed by atoms with Gasteiger partial charge in [-0.3, -0.25) is 4.79 Å². The lowest BCUT2D eigenvalue weighted by atomic mass is 9.85. The van der Waals surface area contributed by atoms with Gasteiger partial charge in [-0.2, -0.15) is 0 Å². The second-order valence-electron chi connectivity index (χ2n) is 7.41. The Morgan fingerprint density at radius 3 is 2.00 bits per heavy atom. The number of nitrogens with one attached hydrogen (secondary N) is 2. The van der Waals surface area contributed by atoms with Crippen LogP contribution in [0, 0.1) is 17.6 Å². The minimum absolute atomic E-state index is 0.0203. The molecule has 2 N–H and O–H groups in total. The van der Waals surface area contributed by atoms with E-state index < -0.39 is 15.8 Å². The first kappa shape index (κ1) is 21.4. The lowest BCUT2D eigenvalue weighted by Crippen LogP contribution is -2.41. The summed E-state index contributed by atoms with van der Waals surface area (Å²) in [6, 6.07) is 10.2. The molecular formula is C21H24F2N2O3S. The van der Waals surface area contributed by atoms with Crippen LogP contribution in [0.1, 0.15) is 44.2 Å². The van der Waals surface area contributed by atoms with Crippen molar-refractivity contribution in [3.8, 4) is 0 Å². The van der Waals surface area contributed by atoms with Gasteiger partial charge in [-0.15, -0.1) is 0 Å². The molecule has 0 bridgehead atoms. The summed E-state index contributed by atoms with van der Waals surface area (Å²) >= 11 is 0. The summed E-state index contributed by atoms with van der Waals surface area (Å²) in [5, 5.41) is 2.94. The highest BCUT2D eigenvalue weighted by atomic mass is 32.2. The number of amides is 1. The normalized spacial score (nSPS) is 20.8. The Bertz CT molecular complexity index is 939. The van der Waals surface area contributed by atoms with Gasteiger partial charge in [-0.05, 0) is 74.6 Å². The van der Waals surface area contributed by atoms with Crippen molar-refractivity contribution in [2.45, 2.75) is 49.6 Å². The molecule has 29 heavy (non-hydrogen) atoms. The van der Waals surface area contributed by atoms with E-state index in [0.717, 1.165) is 17.7 Å². The number of benzene rings is 2. The number of rotatable bonds is 6. The van der Waals surface area contributed by atoms with Crippen LogP contribution in [-0.2, 0) is 14.8 Å². The monoisotopic (exact) mass is 422 g/mol. The van der Waals surface area contributed by atoms with Gasteiger partial charge in [0.2, 0.25) is 15.9 Å². The van der Waals surface area contributed by atoms with Gasteiger partial charge in [0, 0.05) is 12.0 Å². The summed E-state index contributed by atoms with van der Waals surface area (Å²) in [7, 11) is -3.72. The van der Waals surface area contributed by atoms with E-state index in [0.29, 0.717) is 25.7 Å². The molecule has 0 saturated heterocycles. The SMILES string of the molecule is C[C@@H](NC(=O)C1CCC(NS(=O)(=O)c2ccc(F)cc2)CC1)c1ccc(F)cc1. The van der Waals surface area contributed by atoms with Crippen LogP contribution in [0.2, 0.25) is 0 Å². The van der Waals surface area contributed by atoms with Crippen LogP contribution in [0.25, 0.3) is 0 Å². The Balaban J connectivity index is 1.51. The summed E-state index contributed by atoms with van der Waals surface area (Å²) in [6.07, 6.45) is 2.23. The average molecular weight is 422 g/mol. The molecule has 0 radical (unpaired) electrons. The highest BCUT2D eigenvalue weighted by Crippen LogP contribution is 2.26. The van der Waals surface area contributed by atoms with Crippen molar-refractivity contribution in [1.82, 2.24) is 10.0 Å². The van der Waals surface area contributed by atoms with Crippen LogP contribution in [0.4, 0.5) is 8.78 Å². The van der Waals surface area contributed by atoms with Crippen molar-refractivity contribution >= 4 is 15.9 Å². The first-order valence-corrected chi connectivity index (χ1v) is 11.1. The van der Waals surface area contributed by atoms with E-state index in [1.54, 1.807) is 12.1 Å². The predicted octanol–water partition coefficient (Wildman–Crippen LogP) is 3.68. The van der Waals surface area contributed by atoms with E-state index in [1.165, 1.54) is 24.3 Å². The van der Waals surface area contributed by atoms with Gasteiger partial charge >= 0.3 is 0 Å². The maximum Gasteiger partial charge on any atom is 0.240 e. The average Bonchev–Trinajstić information content (AvgIpc) is 2.69. The van der Waals surface area contributed by atoms with Crippen molar-refractivity contribution in [2.75, 3.05) is 0 Å². The molecule has 8 heteroatoms. The second kappa shape index (κ2) is 9.00. The summed E-state index contributed by atoms with van der Waals surface area (Å²) in [5.74, 6) is -1.09. The fourth-order valence-corrected chi connectivity index (χ4v) is 4.85. The van der Waals surface area contributed by atoms with Crippen molar-refractivity contribution in [1.29, 1.82) is 0 Å². The third-order valence-electron chi connectivity index (χ3n) is 5.27. The van der Waals surface area contributed by atoms with Crippen LogP contribution < -0.4 is 10.0 Å². The number of carbonyl (C=O) groups is 1. The number of carbonyl (C=O) groups excluding carboxylic acids is 1. The zero-order valence-corrected chi connectivity index (χ0v) is 16.9. The second-order valence-corrected chi connectivity index (χ2v) is 9.12. The molecule has 0 heterocycles. The highest BCUT2D eigenvalue weighted by molar-refractivity contribution is 7.89. The minimum atomic E-state index is -3.72. The fourth-order valence-electron chi connectivity index (χ4n) is 3.54. The third-order valence-corrected chi connectivity index (χ3v) is 6.81. The minimum Gasteiger partial charge on any atom is -0.349 e. The number of hydrogen-bond acceptors (Lipinski definition) is 3. The molecule has 0 spiro atoms. The van der Waals surface area contributed by atoms with Crippen LogP contribution in [0.5, 0.6) is 0 Å². The van der Waals surface area contributed by atoms with E-state index in [4.69, 9.17) is 0 Å². The Kier molecular flexibility index (Phi) is 6.64. The van der Waals surface area contributed by atoms with E-state index in [9.17, 15) is 22.0 Å². The Morgan fingerprint density at radius 1 is 0.931 bits per heavy atom. The summed E-state index contributed by atoms with van der Waals surface area (Å²) in [5.41, 5.74) is 0.820. The topological polar surface area (TPSA) is 75.3 Å². The van der Waals surface area contributed by atoms with E-state index in [1.807, 2.05) is 6.92 Å². The summed E-state index contributed by atoms with van der Waals surface area (Å²) < 4.78 is 53.5. The molecule has 2 aromatic carbocycles. The molecule has 1 fully saturated rings. The summed E-state index contributed by atoms with van der Waals surface area (Å²) in [6.45, 7) is 1.84. The lowest BCUT2D eigenvalue weighted by molar-refractivity contribution is -0.126. The van der Waals surface area contributed by atoms with Crippen molar-refractivity contribution in [3.63, 3.8) is 0 Å². The molecule has 5 nitrogen and oxygen atoms in total. The maximum absolute atomic E-state index is 13.0. The van der Waals surface area contributed by atoms with Gasteiger partial charge < -0.3 is 5.32 Å². The Hall–Kier alpha value is -2.32. The van der Waals surface area contributed by atoms with E-state index in [2.05, 4.69) is 10.0 Å². The predicted molar refractivity (Wildman–Crippen MR) is 105 cm³/mol. The molecule has 0 aliphatic heterocycles. The van der Waals surface area contributed by atoms with Gasteiger partial charge in [0.05, 0.1) is 10.9 Å². The fraction of sp³-hybridized carbons (Fsp3) is 0.381. The van der Waals surface area contributed by atoms with Gasteiger partial charge in [-0.1, -0.05) is 12.1 Å². The van der Waals surface area contributed by atoms with E-state index in [-0.39, 0.29) is 34.6 Å². The molecule has 1 aliphatic carbocycles. The number of halogens is 2. The molecule has 0 aromatic heterocycles. The van der Waals surface area contributed by atoms with E-state index >= 15 is 0 Å². The van der Waals surface area contributed by atoms with Crippen LogP contribution >= 0.6 is 0 Å². The molecule has 0 unspecified atom stereocenters. The number of sulfonamides is 1. The molecule has 156 valence electrons. The third kappa shape index (κ3) is 5.61.